The summed E-state index contributed by atoms with van der Waals surface area (Å²) in [5.74, 6) is -5.51. The van der Waals surface area contributed by atoms with E-state index in [-0.39, 0.29) is 42.5 Å². The van der Waals surface area contributed by atoms with Crippen LogP contribution in [0.2, 0.25) is 0 Å². The number of carbonyl (C=O) groups excluding carboxylic acids is 2. The maximum Gasteiger partial charge on any atom is 0.573 e. The second-order valence-corrected chi connectivity index (χ2v) is 11.6. The quantitative estimate of drug-likeness (QED) is 0.181. The topological polar surface area (TPSA) is 131 Å². The van der Waals surface area contributed by atoms with Crippen LogP contribution in [0.5, 0.6) is 5.75 Å². The minimum atomic E-state index is -4.93. The van der Waals surface area contributed by atoms with Crippen molar-refractivity contribution in [3.8, 4) is 5.75 Å². The highest BCUT2D eigenvalue weighted by Gasteiger charge is 2.51. The Hall–Kier alpha value is -4.70. The van der Waals surface area contributed by atoms with E-state index in [0.29, 0.717) is 38.1 Å². The number of hydrogen-bond acceptors (Lipinski definition) is 7. The molecular formula is C29H28F6N8O3. The number of H-pyrrole nitrogens is 1. The molecule has 11 nitrogen and oxygen atoms in total. The number of aromatic amines is 1. The number of nitrogens with one attached hydrogen (secondary N) is 2. The Bertz CT molecular complexity index is 1740. The molecule has 0 radical (unpaired) electrons. The molecule has 2 aliphatic rings. The number of amides is 2. The van der Waals surface area contributed by atoms with Gasteiger partial charge >= 0.3 is 6.36 Å². The van der Waals surface area contributed by atoms with Crippen LogP contribution in [0.4, 0.5) is 26.3 Å². The Balaban J connectivity index is 0.936. The van der Waals surface area contributed by atoms with Gasteiger partial charge in [-0.15, -0.1) is 23.4 Å². The summed E-state index contributed by atoms with van der Waals surface area (Å²) in [4.78, 5) is 29.7. The van der Waals surface area contributed by atoms with Crippen molar-refractivity contribution in [2.45, 2.75) is 63.4 Å². The van der Waals surface area contributed by atoms with E-state index in [1.807, 2.05) is 12.1 Å². The maximum atomic E-state index is 14.0. The van der Waals surface area contributed by atoms with Crippen LogP contribution < -0.4 is 10.1 Å². The summed E-state index contributed by atoms with van der Waals surface area (Å²) in [6, 6.07) is 6.42. The van der Waals surface area contributed by atoms with Gasteiger partial charge < -0.3 is 19.9 Å². The third kappa shape index (κ3) is 7.23. The zero-order valence-corrected chi connectivity index (χ0v) is 24.2. The van der Waals surface area contributed by atoms with Crippen LogP contribution in [0.15, 0.2) is 36.5 Å². The third-order valence-corrected chi connectivity index (χ3v) is 8.05. The first kappa shape index (κ1) is 31.3. The molecule has 4 aromatic rings. The van der Waals surface area contributed by atoms with E-state index < -0.39 is 35.7 Å². The highest BCUT2D eigenvalue weighted by atomic mass is 19.4. The molecule has 0 unspecified atom stereocenters. The lowest BCUT2D eigenvalue weighted by Crippen LogP contribution is -2.54. The molecule has 1 aromatic carbocycles. The van der Waals surface area contributed by atoms with Crippen molar-refractivity contribution in [3.05, 3.63) is 65.0 Å². The molecule has 2 fully saturated rings. The normalized spacial score (nSPS) is 16.7. The van der Waals surface area contributed by atoms with Gasteiger partial charge in [-0.3, -0.25) is 14.3 Å². The van der Waals surface area contributed by atoms with Gasteiger partial charge in [-0.1, -0.05) is 5.21 Å². The molecule has 2 N–H and O–H groups in total. The minimum absolute atomic E-state index is 0.0359. The van der Waals surface area contributed by atoms with Gasteiger partial charge in [0.25, 0.3) is 5.91 Å². The summed E-state index contributed by atoms with van der Waals surface area (Å²) in [6.07, 6.45) is -2.21. The molecule has 46 heavy (non-hydrogen) atoms. The average Bonchev–Trinajstić information content (AvgIpc) is 3.59. The summed E-state index contributed by atoms with van der Waals surface area (Å²) in [7, 11) is 0. The monoisotopic (exact) mass is 650 g/mol. The lowest BCUT2D eigenvalue weighted by Gasteiger charge is -2.44. The highest BCUT2D eigenvalue weighted by molar-refractivity contribution is 5.91. The average molecular weight is 651 g/mol. The number of likely N-dealkylation sites (tertiary alicyclic amines) is 1. The Morgan fingerprint density at radius 2 is 1.85 bits per heavy atom. The maximum absolute atomic E-state index is 14.0. The fourth-order valence-electron chi connectivity index (χ4n) is 5.53. The van der Waals surface area contributed by atoms with Crippen molar-refractivity contribution in [2.75, 3.05) is 13.1 Å². The number of nitrogens with zero attached hydrogens (tertiary/aromatic N) is 6. The van der Waals surface area contributed by atoms with Gasteiger partial charge in [0.15, 0.2) is 11.3 Å². The van der Waals surface area contributed by atoms with E-state index in [9.17, 15) is 35.9 Å². The second-order valence-electron chi connectivity index (χ2n) is 11.6. The molecular weight excluding hydrogens is 622 g/mol. The van der Waals surface area contributed by atoms with Crippen LogP contribution >= 0.6 is 0 Å². The van der Waals surface area contributed by atoms with Crippen LogP contribution in [-0.4, -0.2) is 72.3 Å². The molecule has 1 aliphatic carbocycles. The zero-order chi connectivity index (χ0) is 32.6. The van der Waals surface area contributed by atoms with Gasteiger partial charge in [0.1, 0.15) is 11.6 Å². The SMILES string of the molecule is O=C(NCc1cc(OC(F)(F)F)ccc1F)c1cn(CCCCc2cc3cc(C4CN(C(=O)C5CC(F)(F)C5)C4)[nH]c3nn2)nn1. The molecule has 1 saturated carbocycles. The van der Waals surface area contributed by atoms with Crippen molar-refractivity contribution in [2.24, 2.45) is 5.92 Å². The predicted molar refractivity (Wildman–Crippen MR) is 148 cm³/mol. The van der Waals surface area contributed by atoms with E-state index in [2.05, 4.69) is 35.5 Å². The van der Waals surface area contributed by atoms with E-state index in [4.69, 9.17) is 0 Å². The summed E-state index contributed by atoms with van der Waals surface area (Å²) in [6.45, 7) is 1.02. The molecule has 17 heteroatoms. The molecule has 1 aliphatic heterocycles. The van der Waals surface area contributed by atoms with Crippen molar-refractivity contribution in [1.82, 2.24) is 40.4 Å². The molecule has 0 atom stereocenters. The van der Waals surface area contributed by atoms with Gasteiger partial charge in [0.05, 0.1) is 11.9 Å². The molecule has 3 aromatic heterocycles. The summed E-state index contributed by atoms with van der Waals surface area (Å²) >= 11 is 0. The van der Waals surface area contributed by atoms with Crippen LogP contribution in [-0.2, 0) is 24.3 Å². The standard InChI is InChI=1S/C29H28F6N8O3/c30-22-5-4-21(46-29(33,34)35)8-17(22)12-36-26(44)24-15-43(41-39-24)6-2-1-3-20-7-16-9-23(37-25(16)40-38-20)19-13-42(14-19)27(45)18-10-28(31,32)11-18/h4-5,7-9,15,18-19H,1-3,6,10-14H2,(H,36,44)(H,37,40). The first-order valence-electron chi connectivity index (χ1n) is 14.6. The highest BCUT2D eigenvalue weighted by Crippen LogP contribution is 2.44. The molecule has 4 heterocycles. The number of aryl methyl sites for hydroxylation is 2. The Kier molecular flexibility index (Phi) is 8.33. The van der Waals surface area contributed by atoms with E-state index in [0.717, 1.165) is 41.4 Å². The van der Waals surface area contributed by atoms with Crippen LogP contribution in [0.3, 0.4) is 0 Å². The lowest BCUT2D eigenvalue weighted by atomic mass is 9.79. The third-order valence-electron chi connectivity index (χ3n) is 8.05. The fraction of sp³-hybridized carbons (Fsp3) is 0.448. The van der Waals surface area contributed by atoms with E-state index in [1.54, 1.807) is 4.90 Å². The fourth-order valence-corrected chi connectivity index (χ4v) is 5.53. The molecule has 0 bridgehead atoms. The van der Waals surface area contributed by atoms with Gasteiger partial charge in [-0.25, -0.2) is 13.2 Å². The minimum Gasteiger partial charge on any atom is -0.406 e. The van der Waals surface area contributed by atoms with Gasteiger partial charge in [0.2, 0.25) is 11.8 Å². The molecule has 6 rings (SSSR count). The number of aromatic nitrogens is 6. The van der Waals surface area contributed by atoms with Gasteiger partial charge in [-0.05, 0) is 49.6 Å². The number of unbranched alkanes of at least 4 members (excludes halogenated alkanes) is 1. The number of benzene rings is 1. The van der Waals surface area contributed by atoms with Crippen LogP contribution in [0.25, 0.3) is 11.0 Å². The van der Waals surface area contributed by atoms with Crippen molar-refractivity contribution >= 4 is 22.8 Å². The zero-order valence-electron chi connectivity index (χ0n) is 24.2. The van der Waals surface area contributed by atoms with Crippen molar-refractivity contribution in [1.29, 1.82) is 0 Å². The van der Waals surface area contributed by atoms with Crippen molar-refractivity contribution < 1.29 is 40.7 Å². The predicted octanol–water partition coefficient (Wildman–Crippen LogP) is 4.51. The first-order chi connectivity index (χ1) is 21.8. The Morgan fingerprint density at radius 1 is 1.07 bits per heavy atom. The second kappa shape index (κ2) is 12.2. The van der Waals surface area contributed by atoms with Crippen molar-refractivity contribution in [3.63, 3.8) is 0 Å². The van der Waals surface area contributed by atoms with Gasteiger partial charge in [0, 0.05) is 67.5 Å². The Morgan fingerprint density at radius 3 is 2.59 bits per heavy atom. The molecule has 2 amide bonds. The first-order valence-corrected chi connectivity index (χ1v) is 14.6. The number of halogens is 6. The number of fused-ring (bicyclic) bond motifs is 1. The number of ether oxygens (including phenoxy) is 1. The smallest absolute Gasteiger partial charge is 0.406 e. The number of hydrogen-bond donors (Lipinski definition) is 2. The van der Waals surface area contributed by atoms with Crippen LogP contribution in [0.1, 0.15) is 59.0 Å². The van der Waals surface area contributed by atoms with Gasteiger partial charge in [-0.2, -0.15) is 5.10 Å². The number of alkyl halides is 5. The van der Waals surface area contributed by atoms with Crippen LogP contribution in [0, 0.1) is 11.7 Å². The number of rotatable bonds is 11. The molecule has 1 saturated heterocycles. The number of carbonyl (C=O) groups is 2. The summed E-state index contributed by atoms with van der Waals surface area (Å²) in [5.41, 5.74) is 2.10. The molecule has 244 valence electrons. The van der Waals surface area contributed by atoms with E-state index in [1.165, 1.54) is 10.9 Å². The largest absolute Gasteiger partial charge is 0.573 e. The molecule has 0 spiro atoms. The summed E-state index contributed by atoms with van der Waals surface area (Å²) < 4.78 is 82.8. The lowest BCUT2D eigenvalue weighted by molar-refractivity contribution is -0.274. The summed E-state index contributed by atoms with van der Waals surface area (Å²) in [5, 5.41) is 19.6. The van der Waals surface area contributed by atoms with E-state index >= 15 is 0 Å². The Labute approximate surface area is 257 Å².